The molecule has 0 atom stereocenters. The van der Waals surface area contributed by atoms with Gasteiger partial charge in [0, 0.05) is 30.2 Å². The molecule has 0 unspecified atom stereocenters. The lowest BCUT2D eigenvalue weighted by Crippen LogP contribution is -2.35. The van der Waals surface area contributed by atoms with E-state index in [1.54, 1.807) is 19.9 Å². The summed E-state index contributed by atoms with van der Waals surface area (Å²) in [6.45, 7) is 6.89. The molecule has 1 aromatic carbocycles. The maximum absolute atomic E-state index is 15.0. The Morgan fingerprint density at radius 1 is 1.29 bits per heavy atom. The van der Waals surface area contributed by atoms with Gasteiger partial charge in [-0.25, -0.2) is 9.37 Å². The fraction of sp³-hybridized carbons (Fsp3) is 0.333. The summed E-state index contributed by atoms with van der Waals surface area (Å²) in [4.78, 5) is 19.5. The Labute approximate surface area is 201 Å². The van der Waals surface area contributed by atoms with Crippen LogP contribution in [0.25, 0.3) is 10.4 Å². The average Bonchev–Trinajstić information content (AvgIpc) is 3.17. The van der Waals surface area contributed by atoms with Crippen molar-refractivity contribution in [3.05, 3.63) is 59.0 Å². The Balaban J connectivity index is 1.63. The van der Waals surface area contributed by atoms with Gasteiger partial charge in [0.25, 0.3) is 5.91 Å². The summed E-state index contributed by atoms with van der Waals surface area (Å²) in [6.07, 6.45) is 0. The van der Waals surface area contributed by atoms with Crippen molar-refractivity contribution >= 4 is 33.8 Å². The number of ether oxygens (including phenoxy) is 1. The number of benzene rings is 1. The second-order valence-corrected chi connectivity index (χ2v) is 9.78. The van der Waals surface area contributed by atoms with Crippen LogP contribution in [0, 0.1) is 5.82 Å². The number of nitrogen functional groups attached to an aromatic ring is 1. The summed E-state index contributed by atoms with van der Waals surface area (Å²) < 4.78 is 20.4. The molecule has 6 N–H and O–H groups in total. The van der Waals surface area contributed by atoms with Gasteiger partial charge in [-0.15, -0.1) is 11.3 Å². The van der Waals surface area contributed by atoms with E-state index in [4.69, 9.17) is 16.2 Å². The van der Waals surface area contributed by atoms with Crippen molar-refractivity contribution in [2.75, 3.05) is 37.4 Å². The summed E-state index contributed by atoms with van der Waals surface area (Å²) in [6, 6.07) is 9.92. The Morgan fingerprint density at radius 3 is 2.68 bits per heavy atom. The molecule has 0 bridgehead atoms. The molecule has 1 aliphatic rings. The van der Waals surface area contributed by atoms with E-state index in [9.17, 15) is 9.90 Å². The Hall–Kier alpha value is -3.05. The number of hydrogen-bond donors (Lipinski definition) is 4. The molecule has 1 amide bonds. The molecular weight excluding hydrogens is 457 g/mol. The molecule has 0 spiro atoms. The molecule has 2 aromatic heterocycles. The molecule has 10 heteroatoms. The third kappa shape index (κ3) is 5.36. The van der Waals surface area contributed by atoms with Crippen molar-refractivity contribution in [1.82, 2.24) is 9.88 Å². The van der Waals surface area contributed by atoms with E-state index in [0.717, 1.165) is 30.1 Å². The number of nitrogens with zero attached hydrogens (tertiary/aromatic N) is 2. The highest BCUT2D eigenvalue weighted by Gasteiger charge is 2.23. The quantitative estimate of drug-likeness (QED) is 0.378. The zero-order valence-electron chi connectivity index (χ0n) is 19.1. The number of carbonyl (C=O) groups excluding carboxylic acids is 1. The number of amides is 1. The number of nitrogens with one attached hydrogen (secondary N) is 1. The lowest BCUT2D eigenvalue weighted by atomic mass is 9.95. The van der Waals surface area contributed by atoms with Crippen LogP contribution in [-0.2, 0) is 16.9 Å². The Morgan fingerprint density at radius 2 is 2.03 bits per heavy atom. The van der Waals surface area contributed by atoms with E-state index in [1.807, 2.05) is 12.1 Å². The fourth-order valence-corrected chi connectivity index (χ4v) is 4.91. The summed E-state index contributed by atoms with van der Waals surface area (Å²) in [5.41, 5.74) is 12.3. The topological polar surface area (TPSA) is 127 Å². The number of morpholine rings is 1. The van der Waals surface area contributed by atoms with Crippen molar-refractivity contribution in [2.45, 2.75) is 26.0 Å². The van der Waals surface area contributed by atoms with E-state index in [-0.39, 0.29) is 16.8 Å². The van der Waals surface area contributed by atoms with Crippen molar-refractivity contribution in [2.24, 2.45) is 5.73 Å². The lowest BCUT2D eigenvalue weighted by molar-refractivity contribution is 0.0337. The number of hydrogen-bond acceptors (Lipinski definition) is 8. The third-order valence-corrected chi connectivity index (χ3v) is 6.68. The van der Waals surface area contributed by atoms with E-state index >= 15 is 4.39 Å². The summed E-state index contributed by atoms with van der Waals surface area (Å²) >= 11 is 1.16. The number of nitrogens with two attached hydrogens (primary N) is 2. The highest BCUT2D eigenvalue weighted by molar-refractivity contribution is 7.20. The molecule has 1 aliphatic heterocycles. The molecule has 8 nitrogen and oxygen atoms in total. The fourth-order valence-electron chi connectivity index (χ4n) is 3.77. The highest BCUT2D eigenvalue weighted by atomic mass is 32.1. The van der Waals surface area contributed by atoms with E-state index in [2.05, 4.69) is 15.2 Å². The molecule has 1 fully saturated rings. The summed E-state index contributed by atoms with van der Waals surface area (Å²) in [7, 11) is 0. The Bertz CT molecular complexity index is 1180. The van der Waals surface area contributed by atoms with Crippen LogP contribution in [0.4, 0.5) is 20.9 Å². The Kier molecular flexibility index (Phi) is 6.85. The minimum absolute atomic E-state index is 0.155. The van der Waals surface area contributed by atoms with Crippen LogP contribution in [0.1, 0.15) is 35.5 Å². The maximum atomic E-state index is 15.0. The first-order chi connectivity index (χ1) is 16.1. The average molecular weight is 486 g/mol. The van der Waals surface area contributed by atoms with Gasteiger partial charge in [-0.05, 0) is 49.7 Å². The van der Waals surface area contributed by atoms with E-state index in [0.29, 0.717) is 41.0 Å². The van der Waals surface area contributed by atoms with Crippen LogP contribution in [0.3, 0.4) is 0 Å². The molecule has 0 saturated carbocycles. The van der Waals surface area contributed by atoms with Gasteiger partial charge in [0.15, 0.2) is 0 Å². The van der Waals surface area contributed by atoms with Gasteiger partial charge in [-0.1, -0.05) is 6.07 Å². The molecule has 180 valence electrons. The number of thiophene rings is 1. The van der Waals surface area contributed by atoms with Crippen LogP contribution < -0.4 is 16.8 Å². The summed E-state index contributed by atoms with van der Waals surface area (Å²) in [5, 5.41) is 13.8. The van der Waals surface area contributed by atoms with Gasteiger partial charge in [0.2, 0.25) is 0 Å². The first-order valence-electron chi connectivity index (χ1n) is 10.9. The van der Waals surface area contributed by atoms with Crippen molar-refractivity contribution in [3.8, 4) is 10.4 Å². The minimum atomic E-state index is -1.24. The number of aliphatic hydroxyl groups is 1. The number of anilines is 3. The number of carbonyl (C=O) groups is 1. The van der Waals surface area contributed by atoms with Gasteiger partial charge in [-0.2, -0.15) is 0 Å². The van der Waals surface area contributed by atoms with Gasteiger partial charge in [-0.3, -0.25) is 9.69 Å². The summed E-state index contributed by atoms with van der Waals surface area (Å²) in [5.74, 6) is -0.694. The molecule has 4 rings (SSSR count). The van der Waals surface area contributed by atoms with Crippen LogP contribution in [0.5, 0.6) is 0 Å². The largest absolute Gasteiger partial charge is 0.398 e. The first-order valence-corrected chi connectivity index (χ1v) is 11.7. The van der Waals surface area contributed by atoms with E-state index < -0.39 is 17.3 Å². The normalized spacial score (nSPS) is 14.8. The SMILES string of the molecule is CC(C)(O)c1cc(N)c(-c2cc(C(N)=O)c(Nc3cccc(CN4CCOCC4)n3)s2)c(F)c1. The molecule has 3 aromatic rings. The van der Waals surface area contributed by atoms with Crippen LogP contribution in [-0.4, -0.2) is 47.2 Å². The molecule has 0 radical (unpaired) electrons. The number of pyridine rings is 1. The minimum Gasteiger partial charge on any atom is -0.398 e. The number of aromatic nitrogens is 1. The lowest BCUT2D eigenvalue weighted by Gasteiger charge is -2.26. The predicted octanol–water partition coefficient (Wildman–Crippen LogP) is 3.43. The van der Waals surface area contributed by atoms with Crippen molar-refractivity contribution < 1.29 is 19.0 Å². The molecule has 3 heterocycles. The molecule has 34 heavy (non-hydrogen) atoms. The van der Waals surface area contributed by atoms with Crippen LogP contribution in [0.2, 0.25) is 0 Å². The second-order valence-electron chi connectivity index (χ2n) is 8.73. The van der Waals surface area contributed by atoms with Gasteiger partial charge in [0.1, 0.15) is 16.6 Å². The van der Waals surface area contributed by atoms with Crippen LogP contribution >= 0.6 is 11.3 Å². The highest BCUT2D eigenvalue weighted by Crippen LogP contribution is 2.41. The number of primary amides is 1. The third-order valence-electron chi connectivity index (χ3n) is 5.61. The number of rotatable bonds is 7. The molecular formula is C24H28FN5O3S. The predicted molar refractivity (Wildman–Crippen MR) is 132 cm³/mol. The zero-order valence-corrected chi connectivity index (χ0v) is 19.9. The zero-order chi connectivity index (χ0) is 24.5. The molecule has 1 saturated heterocycles. The monoisotopic (exact) mass is 485 g/mol. The first kappa shape index (κ1) is 24.1. The molecule has 0 aliphatic carbocycles. The smallest absolute Gasteiger partial charge is 0.251 e. The van der Waals surface area contributed by atoms with Gasteiger partial charge in [0.05, 0.1) is 35.6 Å². The van der Waals surface area contributed by atoms with Crippen molar-refractivity contribution in [1.29, 1.82) is 0 Å². The van der Waals surface area contributed by atoms with E-state index in [1.165, 1.54) is 18.2 Å². The number of halogens is 1. The van der Waals surface area contributed by atoms with Crippen molar-refractivity contribution in [3.63, 3.8) is 0 Å². The maximum Gasteiger partial charge on any atom is 0.251 e. The standard InChI is InChI=1S/C24H28FN5O3S/c1-24(2,32)14-10-17(25)21(18(26)11-14)19-12-16(22(27)31)23(34-19)29-20-5-3-4-15(28-20)13-30-6-8-33-9-7-30/h3-5,10-12,32H,6-9,13,26H2,1-2H3,(H2,27,31)(H,28,29). The van der Waals surface area contributed by atoms with Gasteiger partial charge < -0.3 is 26.6 Å². The van der Waals surface area contributed by atoms with Crippen LogP contribution in [0.15, 0.2) is 36.4 Å². The van der Waals surface area contributed by atoms with Gasteiger partial charge >= 0.3 is 0 Å². The second kappa shape index (κ2) is 9.67.